The summed E-state index contributed by atoms with van der Waals surface area (Å²) in [6, 6.07) is 3.59. The van der Waals surface area contributed by atoms with Crippen LogP contribution in [0.2, 0.25) is 0 Å². The summed E-state index contributed by atoms with van der Waals surface area (Å²) in [6.45, 7) is 3.68. The number of nitrogens with zero attached hydrogens (tertiary/aromatic N) is 3. The number of pyridine rings is 1. The Labute approximate surface area is 69.7 Å². The highest BCUT2D eigenvalue weighted by Crippen LogP contribution is 1.97. The van der Waals surface area contributed by atoms with Crippen molar-refractivity contribution in [1.82, 2.24) is 0 Å². The molecule has 0 aliphatic rings. The van der Waals surface area contributed by atoms with Crippen molar-refractivity contribution in [2.45, 2.75) is 13.8 Å². The highest BCUT2D eigenvalue weighted by Gasteiger charge is 2.01. The van der Waals surface area contributed by atoms with Crippen LogP contribution in [0.25, 0.3) is 5.53 Å². The second-order valence-corrected chi connectivity index (χ2v) is 2.52. The maximum Gasteiger partial charge on any atom is 0.178 e. The second-order valence-electron chi connectivity index (χ2n) is 2.52. The highest BCUT2D eigenvalue weighted by molar-refractivity contribution is 5.09. The third-order valence-corrected chi connectivity index (χ3v) is 1.45. The van der Waals surface area contributed by atoms with E-state index in [0.717, 1.165) is 11.3 Å². The zero-order valence-electron chi connectivity index (χ0n) is 6.89. The number of hydrogen-bond donors (Lipinski definition) is 0. The van der Waals surface area contributed by atoms with E-state index in [1.165, 1.54) is 4.68 Å². The van der Waals surface area contributed by atoms with Crippen LogP contribution in [-0.2, 0) is 0 Å². The van der Waals surface area contributed by atoms with Crippen LogP contribution in [0.3, 0.4) is 0 Å². The Morgan fingerprint density at radius 2 is 2.25 bits per heavy atom. The zero-order chi connectivity index (χ0) is 9.14. The van der Waals surface area contributed by atoms with Crippen LogP contribution in [0.4, 0.5) is 0 Å². The first-order chi connectivity index (χ1) is 5.59. The summed E-state index contributed by atoms with van der Waals surface area (Å²) in [5.41, 5.74) is 4.94. The van der Waals surface area contributed by atoms with E-state index in [1.54, 1.807) is 19.2 Å². The highest BCUT2D eigenvalue weighted by atomic mass is 16.7. The molecule has 1 heterocycles. The standard InChI is InChI=1S/C7H9N3O2/c1-6-3-4-9(7(2)5-6)8-10(11)12/h3-5H,1-2H3. The molecule has 0 aliphatic carbocycles. The summed E-state index contributed by atoms with van der Waals surface area (Å²) in [5, 5.41) is 9.30. The number of aromatic nitrogens is 1. The molecule has 0 aliphatic heterocycles. The van der Waals surface area contributed by atoms with Crippen molar-refractivity contribution in [3.63, 3.8) is 0 Å². The average Bonchev–Trinajstić information content (AvgIpc) is 1.94. The molecule has 0 saturated heterocycles. The normalized spacial score (nSPS) is 9.50. The van der Waals surface area contributed by atoms with E-state index in [-0.39, 0.29) is 0 Å². The lowest BCUT2D eigenvalue weighted by Gasteiger charge is -2.04. The van der Waals surface area contributed by atoms with Crippen LogP contribution >= 0.6 is 0 Å². The lowest BCUT2D eigenvalue weighted by atomic mass is 10.2. The first-order valence-corrected chi connectivity index (χ1v) is 3.45. The van der Waals surface area contributed by atoms with Gasteiger partial charge in [0.15, 0.2) is 11.9 Å². The van der Waals surface area contributed by atoms with Gasteiger partial charge < -0.3 is 0 Å². The summed E-state index contributed by atoms with van der Waals surface area (Å²) < 4.78 is 1.23. The fourth-order valence-corrected chi connectivity index (χ4v) is 0.929. The molecule has 1 aromatic rings. The number of aryl methyl sites for hydroxylation is 2. The van der Waals surface area contributed by atoms with Gasteiger partial charge in [0.25, 0.3) is 0 Å². The Morgan fingerprint density at radius 1 is 1.58 bits per heavy atom. The molecule has 0 N–H and O–H groups in total. The van der Waals surface area contributed by atoms with E-state index in [1.807, 2.05) is 13.0 Å². The Morgan fingerprint density at radius 3 is 2.75 bits per heavy atom. The van der Waals surface area contributed by atoms with Crippen molar-refractivity contribution in [3.05, 3.63) is 45.2 Å². The number of rotatable bonds is 2. The van der Waals surface area contributed by atoms with E-state index in [0.29, 0.717) is 0 Å². The van der Waals surface area contributed by atoms with Crippen LogP contribution in [0.1, 0.15) is 11.3 Å². The Bertz CT molecular complexity index is 312. The van der Waals surface area contributed by atoms with Gasteiger partial charge >= 0.3 is 0 Å². The van der Waals surface area contributed by atoms with Gasteiger partial charge in [-0.3, -0.25) is 10.1 Å². The minimum absolute atomic E-state index is 0.720. The van der Waals surface area contributed by atoms with E-state index in [4.69, 9.17) is 0 Å². The molecule has 5 heteroatoms. The summed E-state index contributed by atoms with van der Waals surface area (Å²) >= 11 is 0. The maximum atomic E-state index is 10.0. The zero-order valence-corrected chi connectivity index (χ0v) is 6.89. The van der Waals surface area contributed by atoms with Gasteiger partial charge in [0.2, 0.25) is 0 Å². The number of nitro groups is 1. The van der Waals surface area contributed by atoms with E-state index in [9.17, 15) is 10.1 Å². The molecular formula is C7H9N3O2. The Balaban J connectivity index is 2.93. The van der Waals surface area contributed by atoms with Crippen LogP contribution in [0, 0.1) is 24.0 Å². The van der Waals surface area contributed by atoms with E-state index >= 15 is 0 Å². The predicted molar refractivity (Wildman–Crippen MR) is 41.9 cm³/mol. The molecule has 1 aromatic heterocycles. The predicted octanol–water partition coefficient (Wildman–Crippen LogP) is 0.919. The molecule has 0 fully saturated rings. The molecule has 0 saturated carbocycles. The first kappa shape index (κ1) is 8.45. The maximum absolute atomic E-state index is 10.0. The molecule has 0 aromatic carbocycles. The molecule has 0 radical (unpaired) electrons. The van der Waals surface area contributed by atoms with Gasteiger partial charge in [-0.25, -0.2) is 0 Å². The smallest absolute Gasteiger partial charge is 0.178 e. The van der Waals surface area contributed by atoms with Gasteiger partial charge in [0.1, 0.15) is 0 Å². The molecule has 0 amide bonds. The van der Waals surface area contributed by atoms with Crippen molar-refractivity contribution >= 4 is 0 Å². The minimum Gasteiger partial charge on any atom is -0.264 e. The summed E-state index contributed by atoms with van der Waals surface area (Å²) in [5.74, 6) is 0. The molecule has 0 unspecified atom stereocenters. The van der Waals surface area contributed by atoms with Crippen molar-refractivity contribution in [2.75, 3.05) is 0 Å². The van der Waals surface area contributed by atoms with Crippen molar-refractivity contribution in [2.24, 2.45) is 0 Å². The van der Waals surface area contributed by atoms with E-state index in [2.05, 4.69) is 5.53 Å². The Hall–Kier alpha value is -1.65. The SMILES string of the molecule is Cc1cc[n+]([N-][N+](=O)[O-])c(C)c1. The fourth-order valence-electron chi connectivity index (χ4n) is 0.929. The summed E-state index contributed by atoms with van der Waals surface area (Å²) in [6.07, 6.45) is 1.56. The van der Waals surface area contributed by atoms with Crippen molar-refractivity contribution in [1.29, 1.82) is 0 Å². The average molecular weight is 167 g/mol. The molecule has 1 rings (SSSR count). The third kappa shape index (κ3) is 1.91. The largest absolute Gasteiger partial charge is 0.264 e. The lowest BCUT2D eigenvalue weighted by Crippen LogP contribution is -2.34. The van der Waals surface area contributed by atoms with Gasteiger partial charge in [-0.2, -0.15) is 4.68 Å². The van der Waals surface area contributed by atoms with Gasteiger partial charge in [0.05, 0.1) is 0 Å². The minimum atomic E-state index is -0.720. The molecule has 0 bridgehead atoms. The van der Waals surface area contributed by atoms with Gasteiger partial charge in [-0.15, -0.1) is 0 Å². The monoisotopic (exact) mass is 167 g/mol. The van der Waals surface area contributed by atoms with Crippen molar-refractivity contribution < 1.29 is 9.71 Å². The van der Waals surface area contributed by atoms with Crippen LogP contribution < -0.4 is 4.68 Å². The molecule has 5 nitrogen and oxygen atoms in total. The van der Waals surface area contributed by atoms with Gasteiger partial charge in [0, 0.05) is 24.1 Å². The molecule has 12 heavy (non-hydrogen) atoms. The number of hydrogen-bond acceptors (Lipinski definition) is 2. The third-order valence-electron chi connectivity index (χ3n) is 1.45. The lowest BCUT2D eigenvalue weighted by molar-refractivity contribution is -0.742. The molecule has 0 spiro atoms. The first-order valence-electron chi connectivity index (χ1n) is 3.45. The molecule has 0 atom stereocenters. The second kappa shape index (κ2) is 3.17. The van der Waals surface area contributed by atoms with Crippen LogP contribution in [0.5, 0.6) is 0 Å². The van der Waals surface area contributed by atoms with Crippen molar-refractivity contribution in [3.8, 4) is 0 Å². The molecule has 64 valence electrons. The Kier molecular flexibility index (Phi) is 2.23. The topological polar surface area (TPSA) is 61.1 Å². The van der Waals surface area contributed by atoms with Crippen LogP contribution in [-0.4, -0.2) is 5.03 Å². The molecular weight excluding hydrogens is 158 g/mol. The van der Waals surface area contributed by atoms with Gasteiger partial charge in [-0.1, -0.05) is 5.53 Å². The quantitative estimate of drug-likeness (QED) is 0.373. The van der Waals surface area contributed by atoms with E-state index < -0.39 is 5.03 Å². The fraction of sp³-hybridized carbons (Fsp3) is 0.286. The van der Waals surface area contributed by atoms with Crippen LogP contribution in [0.15, 0.2) is 18.3 Å². The summed E-state index contributed by atoms with van der Waals surface area (Å²) in [7, 11) is 0. The van der Waals surface area contributed by atoms with Gasteiger partial charge in [-0.05, 0) is 12.5 Å². The summed E-state index contributed by atoms with van der Waals surface area (Å²) in [4.78, 5) is 10.0.